The van der Waals surface area contributed by atoms with E-state index >= 15 is 0 Å². The number of hydrogen-bond acceptors (Lipinski definition) is 3. The molecule has 1 aromatic rings. The van der Waals surface area contributed by atoms with Crippen LogP contribution in [0.15, 0.2) is 18.3 Å². The molecule has 1 heterocycles. The molecule has 0 spiro atoms. The van der Waals surface area contributed by atoms with Crippen LogP contribution >= 0.6 is 0 Å². The lowest BCUT2D eigenvalue weighted by Gasteiger charge is -2.21. The Hall–Kier alpha value is -1.09. The third kappa shape index (κ3) is 3.34. The van der Waals surface area contributed by atoms with Gasteiger partial charge in [-0.2, -0.15) is 0 Å². The molecule has 0 saturated carbocycles. The number of anilines is 1. The van der Waals surface area contributed by atoms with Crippen molar-refractivity contribution < 1.29 is 5.11 Å². The molecular formula is C11H18N2O. The zero-order valence-electron chi connectivity index (χ0n) is 9.04. The lowest BCUT2D eigenvalue weighted by Crippen LogP contribution is -2.32. The first kappa shape index (κ1) is 11.0. The minimum Gasteiger partial charge on any atom is -0.388 e. The molecule has 78 valence electrons. The molecular weight excluding hydrogens is 176 g/mol. The molecule has 0 aliphatic rings. The summed E-state index contributed by atoms with van der Waals surface area (Å²) in [7, 11) is 0. The van der Waals surface area contributed by atoms with E-state index in [1.165, 1.54) is 5.56 Å². The molecule has 1 atom stereocenters. The SMILES string of the molecule is CCC(C)(O)CNc1cc(C)ccn1. The van der Waals surface area contributed by atoms with Crippen molar-refractivity contribution >= 4 is 5.82 Å². The van der Waals surface area contributed by atoms with Crippen molar-refractivity contribution in [2.24, 2.45) is 0 Å². The van der Waals surface area contributed by atoms with Gasteiger partial charge < -0.3 is 10.4 Å². The molecule has 0 radical (unpaired) electrons. The van der Waals surface area contributed by atoms with Gasteiger partial charge in [-0.25, -0.2) is 4.98 Å². The highest BCUT2D eigenvalue weighted by atomic mass is 16.3. The summed E-state index contributed by atoms with van der Waals surface area (Å²) in [5, 5.41) is 12.9. The Morgan fingerprint density at radius 1 is 1.57 bits per heavy atom. The number of aryl methyl sites for hydroxylation is 1. The summed E-state index contributed by atoms with van der Waals surface area (Å²) >= 11 is 0. The van der Waals surface area contributed by atoms with Crippen LogP contribution in [0.4, 0.5) is 5.82 Å². The van der Waals surface area contributed by atoms with Crippen LogP contribution in [0.25, 0.3) is 0 Å². The van der Waals surface area contributed by atoms with Crippen molar-refractivity contribution in [1.29, 1.82) is 0 Å². The molecule has 1 unspecified atom stereocenters. The molecule has 0 fully saturated rings. The van der Waals surface area contributed by atoms with E-state index in [-0.39, 0.29) is 0 Å². The Balaban J connectivity index is 2.54. The number of pyridine rings is 1. The maximum absolute atomic E-state index is 9.76. The Morgan fingerprint density at radius 3 is 2.86 bits per heavy atom. The Kier molecular flexibility index (Phi) is 3.47. The second kappa shape index (κ2) is 4.42. The van der Waals surface area contributed by atoms with Gasteiger partial charge in [0.25, 0.3) is 0 Å². The minimum atomic E-state index is -0.661. The van der Waals surface area contributed by atoms with Crippen LogP contribution in [0.5, 0.6) is 0 Å². The molecule has 3 nitrogen and oxygen atoms in total. The van der Waals surface area contributed by atoms with Gasteiger partial charge in [-0.05, 0) is 38.0 Å². The van der Waals surface area contributed by atoms with Crippen LogP contribution in [-0.2, 0) is 0 Å². The highest BCUT2D eigenvalue weighted by Crippen LogP contribution is 2.11. The van der Waals surface area contributed by atoms with E-state index in [0.29, 0.717) is 6.54 Å². The number of nitrogens with zero attached hydrogens (tertiary/aromatic N) is 1. The summed E-state index contributed by atoms with van der Waals surface area (Å²) in [5.41, 5.74) is 0.504. The van der Waals surface area contributed by atoms with E-state index < -0.39 is 5.60 Å². The Morgan fingerprint density at radius 2 is 2.29 bits per heavy atom. The van der Waals surface area contributed by atoms with Crippen molar-refractivity contribution in [3.05, 3.63) is 23.9 Å². The van der Waals surface area contributed by atoms with Gasteiger partial charge in [0.1, 0.15) is 5.82 Å². The van der Waals surface area contributed by atoms with Crippen LogP contribution in [0.3, 0.4) is 0 Å². The summed E-state index contributed by atoms with van der Waals surface area (Å²) < 4.78 is 0. The Bertz CT molecular complexity index is 297. The molecule has 0 amide bonds. The third-order valence-electron chi connectivity index (χ3n) is 2.33. The summed E-state index contributed by atoms with van der Waals surface area (Å²) in [6.07, 6.45) is 2.49. The van der Waals surface area contributed by atoms with Crippen LogP contribution in [0.2, 0.25) is 0 Å². The van der Waals surface area contributed by atoms with Gasteiger partial charge in [0.05, 0.1) is 5.60 Å². The average molecular weight is 194 g/mol. The maximum Gasteiger partial charge on any atom is 0.126 e. The van der Waals surface area contributed by atoms with E-state index in [4.69, 9.17) is 0 Å². The van der Waals surface area contributed by atoms with Crippen LogP contribution in [-0.4, -0.2) is 22.2 Å². The number of aliphatic hydroxyl groups is 1. The monoisotopic (exact) mass is 194 g/mol. The van der Waals surface area contributed by atoms with Gasteiger partial charge in [0.2, 0.25) is 0 Å². The van der Waals surface area contributed by atoms with E-state index in [1.807, 2.05) is 32.9 Å². The van der Waals surface area contributed by atoms with E-state index in [1.54, 1.807) is 6.20 Å². The summed E-state index contributed by atoms with van der Waals surface area (Å²) in [6.45, 7) is 6.33. The van der Waals surface area contributed by atoms with Gasteiger partial charge in [-0.15, -0.1) is 0 Å². The molecule has 14 heavy (non-hydrogen) atoms. The number of hydrogen-bond donors (Lipinski definition) is 2. The largest absolute Gasteiger partial charge is 0.388 e. The molecule has 0 aliphatic carbocycles. The van der Waals surface area contributed by atoms with E-state index in [9.17, 15) is 5.11 Å². The normalized spacial score (nSPS) is 14.9. The fourth-order valence-corrected chi connectivity index (χ4v) is 1.04. The highest BCUT2D eigenvalue weighted by Gasteiger charge is 2.16. The molecule has 0 bridgehead atoms. The summed E-state index contributed by atoms with van der Waals surface area (Å²) in [4.78, 5) is 4.15. The van der Waals surface area contributed by atoms with Crippen molar-refractivity contribution in [2.75, 3.05) is 11.9 Å². The lowest BCUT2D eigenvalue weighted by molar-refractivity contribution is 0.0696. The second-order valence-corrected chi connectivity index (χ2v) is 3.92. The first-order chi connectivity index (χ1) is 6.53. The average Bonchev–Trinajstić information content (AvgIpc) is 2.15. The van der Waals surface area contributed by atoms with Gasteiger partial charge >= 0.3 is 0 Å². The number of aromatic nitrogens is 1. The smallest absolute Gasteiger partial charge is 0.126 e. The van der Waals surface area contributed by atoms with Crippen LogP contribution in [0, 0.1) is 6.92 Å². The van der Waals surface area contributed by atoms with Gasteiger partial charge in [-0.1, -0.05) is 6.92 Å². The standard InChI is InChI=1S/C11H18N2O/c1-4-11(3,14)8-13-10-7-9(2)5-6-12-10/h5-7,14H,4,8H2,1-3H3,(H,12,13). The number of nitrogens with one attached hydrogen (secondary N) is 1. The predicted molar refractivity (Wildman–Crippen MR) is 58.4 cm³/mol. The van der Waals surface area contributed by atoms with Crippen LogP contribution < -0.4 is 5.32 Å². The fraction of sp³-hybridized carbons (Fsp3) is 0.545. The van der Waals surface area contributed by atoms with Gasteiger partial charge in [0, 0.05) is 12.7 Å². The lowest BCUT2D eigenvalue weighted by atomic mass is 10.0. The van der Waals surface area contributed by atoms with E-state index in [2.05, 4.69) is 10.3 Å². The first-order valence-corrected chi connectivity index (χ1v) is 4.92. The molecule has 2 N–H and O–H groups in total. The molecule has 0 aromatic carbocycles. The van der Waals surface area contributed by atoms with Crippen LogP contribution in [0.1, 0.15) is 25.8 Å². The summed E-state index contributed by atoms with van der Waals surface area (Å²) in [6, 6.07) is 3.91. The van der Waals surface area contributed by atoms with Crippen molar-refractivity contribution in [1.82, 2.24) is 4.98 Å². The molecule has 0 saturated heterocycles. The predicted octanol–water partition coefficient (Wildman–Crippen LogP) is 1.96. The summed E-state index contributed by atoms with van der Waals surface area (Å²) in [5.74, 6) is 0.818. The molecule has 1 rings (SSSR count). The quantitative estimate of drug-likeness (QED) is 0.770. The zero-order valence-corrected chi connectivity index (χ0v) is 9.04. The fourth-order valence-electron chi connectivity index (χ4n) is 1.04. The third-order valence-corrected chi connectivity index (χ3v) is 2.33. The molecule has 1 aromatic heterocycles. The zero-order chi connectivity index (χ0) is 10.6. The van der Waals surface area contributed by atoms with Gasteiger partial charge in [-0.3, -0.25) is 0 Å². The topological polar surface area (TPSA) is 45.1 Å². The Labute approximate surface area is 85.2 Å². The molecule has 0 aliphatic heterocycles. The maximum atomic E-state index is 9.76. The van der Waals surface area contributed by atoms with Crippen molar-refractivity contribution in [2.45, 2.75) is 32.8 Å². The van der Waals surface area contributed by atoms with Gasteiger partial charge in [0.15, 0.2) is 0 Å². The van der Waals surface area contributed by atoms with Crippen molar-refractivity contribution in [3.8, 4) is 0 Å². The first-order valence-electron chi connectivity index (χ1n) is 4.92. The minimum absolute atomic E-state index is 0.528. The van der Waals surface area contributed by atoms with Crippen molar-refractivity contribution in [3.63, 3.8) is 0 Å². The highest BCUT2D eigenvalue weighted by molar-refractivity contribution is 5.37. The number of rotatable bonds is 4. The molecule has 3 heteroatoms. The second-order valence-electron chi connectivity index (χ2n) is 3.92. The van der Waals surface area contributed by atoms with E-state index in [0.717, 1.165) is 12.2 Å².